The van der Waals surface area contributed by atoms with Crippen molar-refractivity contribution < 1.29 is 9.53 Å². The minimum Gasteiger partial charge on any atom is -0.381 e. The standard InChI is InChI=1S/C15H20N2O2S/c1-12-14(18)17(15(20)16-12)9-5-10-19-11-8-13-6-3-2-4-7-13/h2-4,6-7,12H,5,8-11H2,1H3,(H,16,20)/t12-/m1/s1. The van der Waals surface area contributed by atoms with E-state index in [4.69, 9.17) is 17.0 Å². The second-order valence-electron chi connectivity index (χ2n) is 4.86. The van der Waals surface area contributed by atoms with Gasteiger partial charge in [0.1, 0.15) is 6.04 Å². The second kappa shape index (κ2) is 7.36. The van der Waals surface area contributed by atoms with Crippen molar-refractivity contribution in [2.75, 3.05) is 19.8 Å². The van der Waals surface area contributed by atoms with E-state index >= 15 is 0 Å². The Balaban J connectivity index is 1.58. The van der Waals surface area contributed by atoms with Gasteiger partial charge in [0.2, 0.25) is 0 Å². The number of thiocarbonyl (C=S) groups is 1. The molecule has 5 heteroatoms. The molecule has 0 radical (unpaired) electrons. The minimum atomic E-state index is -0.193. The Bertz CT molecular complexity index is 464. The van der Waals surface area contributed by atoms with Gasteiger partial charge >= 0.3 is 0 Å². The molecule has 0 aromatic heterocycles. The highest BCUT2D eigenvalue weighted by Crippen LogP contribution is 2.07. The Kier molecular flexibility index (Phi) is 5.49. The first-order valence-electron chi connectivity index (χ1n) is 6.92. The molecular formula is C15H20N2O2S. The Hall–Kier alpha value is -1.46. The maximum atomic E-state index is 11.8. The summed E-state index contributed by atoms with van der Waals surface area (Å²) in [5.74, 6) is 0.0549. The third-order valence-corrected chi connectivity index (χ3v) is 3.61. The fraction of sp³-hybridized carbons (Fsp3) is 0.467. The first kappa shape index (κ1) is 14.9. The SMILES string of the molecule is C[C@H]1NC(=S)N(CCCOCCc2ccccc2)C1=O. The number of carbonyl (C=O) groups excluding carboxylic acids is 1. The van der Waals surface area contributed by atoms with E-state index in [-0.39, 0.29) is 11.9 Å². The molecule has 108 valence electrons. The van der Waals surface area contributed by atoms with Crippen LogP contribution in [0.5, 0.6) is 0 Å². The molecule has 4 nitrogen and oxygen atoms in total. The van der Waals surface area contributed by atoms with Crippen LogP contribution in [0.4, 0.5) is 0 Å². The van der Waals surface area contributed by atoms with Gasteiger partial charge < -0.3 is 10.1 Å². The summed E-state index contributed by atoms with van der Waals surface area (Å²) in [5.41, 5.74) is 1.28. The summed E-state index contributed by atoms with van der Waals surface area (Å²) in [7, 11) is 0. The van der Waals surface area contributed by atoms with Crippen LogP contribution in [0, 0.1) is 0 Å². The summed E-state index contributed by atoms with van der Waals surface area (Å²) in [6.07, 6.45) is 1.72. The molecule has 0 spiro atoms. The van der Waals surface area contributed by atoms with E-state index in [9.17, 15) is 4.79 Å². The van der Waals surface area contributed by atoms with Gasteiger partial charge in [-0.15, -0.1) is 0 Å². The number of benzene rings is 1. The maximum absolute atomic E-state index is 11.8. The van der Waals surface area contributed by atoms with Gasteiger partial charge in [0.05, 0.1) is 6.61 Å². The van der Waals surface area contributed by atoms with Gasteiger partial charge in [-0.25, -0.2) is 0 Å². The van der Waals surface area contributed by atoms with Crippen LogP contribution >= 0.6 is 12.2 Å². The maximum Gasteiger partial charge on any atom is 0.250 e. The number of nitrogens with one attached hydrogen (secondary N) is 1. The average molecular weight is 292 g/mol. The third kappa shape index (κ3) is 4.02. The Morgan fingerprint density at radius 1 is 1.30 bits per heavy atom. The molecule has 1 amide bonds. The van der Waals surface area contributed by atoms with Crippen molar-refractivity contribution >= 4 is 23.2 Å². The lowest BCUT2D eigenvalue weighted by molar-refractivity contribution is -0.126. The molecule has 20 heavy (non-hydrogen) atoms. The number of amides is 1. The van der Waals surface area contributed by atoms with Gasteiger partial charge in [0.25, 0.3) is 5.91 Å². The van der Waals surface area contributed by atoms with Crippen molar-refractivity contribution in [3.63, 3.8) is 0 Å². The molecule has 0 unspecified atom stereocenters. The highest BCUT2D eigenvalue weighted by molar-refractivity contribution is 7.80. The lowest BCUT2D eigenvalue weighted by Crippen LogP contribution is -2.32. The van der Waals surface area contributed by atoms with Crippen LogP contribution in [-0.2, 0) is 16.0 Å². The van der Waals surface area contributed by atoms with Crippen molar-refractivity contribution in [1.82, 2.24) is 10.2 Å². The molecule has 1 aliphatic rings. The van der Waals surface area contributed by atoms with Crippen molar-refractivity contribution in [3.05, 3.63) is 35.9 Å². The second-order valence-corrected chi connectivity index (χ2v) is 5.25. The zero-order valence-electron chi connectivity index (χ0n) is 11.7. The number of ether oxygens (including phenoxy) is 1. The van der Waals surface area contributed by atoms with Gasteiger partial charge in [-0.3, -0.25) is 9.69 Å². The normalized spacial score (nSPS) is 18.4. The third-order valence-electron chi connectivity index (χ3n) is 3.27. The van der Waals surface area contributed by atoms with Crippen LogP contribution in [0.15, 0.2) is 30.3 Å². The Morgan fingerprint density at radius 3 is 2.70 bits per heavy atom. The summed E-state index contributed by atoms with van der Waals surface area (Å²) in [6, 6.07) is 10.1. The van der Waals surface area contributed by atoms with E-state index in [0.717, 1.165) is 12.8 Å². The van der Waals surface area contributed by atoms with Gasteiger partial charge in [-0.05, 0) is 37.5 Å². The smallest absolute Gasteiger partial charge is 0.250 e. The van der Waals surface area contributed by atoms with Crippen LogP contribution in [-0.4, -0.2) is 41.7 Å². The molecule has 0 bridgehead atoms. The van der Waals surface area contributed by atoms with E-state index in [2.05, 4.69) is 17.4 Å². The van der Waals surface area contributed by atoms with Gasteiger partial charge in [-0.1, -0.05) is 30.3 Å². The molecule has 1 aromatic rings. The van der Waals surface area contributed by atoms with Gasteiger partial charge in [-0.2, -0.15) is 0 Å². The molecule has 0 aliphatic carbocycles. The van der Waals surface area contributed by atoms with Crippen molar-refractivity contribution in [2.45, 2.75) is 25.8 Å². The summed E-state index contributed by atoms with van der Waals surface area (Å²) in [4.78, 5) is 13.4. The Labute approximate surface area is 125 Å². The number of hydrogen-bond donors (Lipinski definition) is 1. The Morgan fingerprint density at radius 2 is 2.05 bits per heavy atom. The molecule has 1 atom stereocenters. The van der Waals surface area contributed by atoms with Gasteiger partial charge in [0, 0.05) is 13.2 Å². The van der Waals surface area contributed by atoms with Crippen LogP contribution < -0.4 is 5.32 Å². The quantitative estimate of drug-likeness (QED) is 0.614. The van der Waals surface area contributed by atoms with E-state index in [0.29, 0.717) is 24.9 Å². The number of hydrogen-bond acceptors (Lipinski definition) is 3. The predicted octanol–water partition coefficient (Wildman–Crippen LogP) is 1.74. The monoisotopic (exact) mass is 292 g/mol. The van der Waals surface area contributed by atoms with Gasteiger partial charge in [0.15, 0.2) is 5.11 Å². The molecule has 1 aliphatic heterocycles. The van der Waals surface area contributed by atoms with Crippen LogP contribution in [0.1, 0.15) is 18.9 Å². The molecular weight excluding hydrogens is 272 g/mol. The molecule has 1 fully saturated rings. The fourth-order valence-corrected chi connectivity index (χ4v) is 2.49. The predicted molar refractivity (Wildman–Crippen MR) is 82.5 cm³/mol. The van der Waals surface area contributed by atoms with E-state index in [1.807, 2.05) is 25.1 Å². The minimum absolute atomic E-state index is 0.0549. The summed E-state index contributed by atoms with van der Waals surface area (Å²) >= 11 is 5.11. The van der Waals surface area contributed by atoms with Crippen molar-refractivity contribution in [3.8, 4) is 0 Å². The molecule has 1 saturated heterocycles. The molecule has 0 saturated carbocycles. The molecule has 1 heterocycles. The van der Waals surface area contributed by atoms with Crippen molar-refractivity contribution in [2.24, 2.45) is 0 Å². The van der Waals surface area contributed by atoms with Crippen molar-refractivity contribution in [1.29, 1.82) is 0 Å². The average Bonchev–Trinajstić information content (AvgIpc) is 2.69. The van der Waals surface area contributed by atoms with Crippen LogP contribution in [0.25, 0.3) is 0 Å². The topological polar surface area (TPSA) is 41.6 Å². The number of carbonyl (C=O) groups is 1. The van der Waals surface area contributed by atoms with E-state index in [1.54, 1.807) is 4.90 Å². The van der Waals surface area contributed by atoms with Crippen LogP contribution in [0.2, 0.25) is 0 Å². The lowest BCUT2D eigenvalue weighted by Gasteiger charge is -2.14. The number of rotatable bonds is 7. The summed E-state index contributed by atoms with van der Waals surface area (Å²) in [6.45, 7) is 3.80. The number of nitrogens with zero attached hydrogens (tertiary/aromatic N) is 1. The summed E-state index contributed by atoms with van der Waals surface area (Å²) < 4.78 is 5.59. The zero-order valence-corrected chi connectivity index (χ0v) is 12.5. The van der Waals surface area contributed by atoms with E-state index in [1.165, 1.54) is 5.56 Å². The highest BCUT2D eigenvalue weighted by atomic mass is 32.1. The molecule has 1 aromatic carbocycles. The largest absolute Gasteiger partial charge is 0.381 e. The first-order chi connectivity index (χ1) is 9.68. The highest BCUT2D eigenvalue weighted by Gasteiger charge is 2.31. The fourth-order valence-electron chi connectivity index (χ4n) is 2.13. The zero-order chi connectivity index (χ0) is 14.4. The first-order valence-corrected chi connectivity index (χ1v) is 7.33. The lowest BCUT2D eigenvalue weighted by atomic mass is 10.2. The molecule has 1 N–H and O–H groups in total. The van der Waals surface area contributed by atoms with Crippen LogP contribution in [0.3, 0.4) is 0 Å². The molecule has 2 rings (SSSR count). The summed E-state index contributed by atoms with van der Waals surface area (Å²) in [5, 5.41) is 3.49. The van der Waals surface area contributed by atoms with E-state index < -0.39 is 0 Å².